The molecule has 4 aromatic rings. The van der Waals surface area contributed by atoms with Crippen LogP contribution < -0.4 is 0 Å². The summed E-state index contributed by atoms with van der Waals surface area (Å²) in [6.07, 6.45) is -3.81. The number of hydrogen-bond acceptors (Lipinski definition) is 0. The fourth-order valence-electron chi connectivity index (χ4n) is 3.99. The first-order valence-corrected chi connectivity index (χ1v) is 10.3. The predicted molar refractivity (Wildman–Crippen MR) is 114 cm³/mol. The molecule has 0 aliphatic rings. The van der Waals surface area contributed by atoms with Crippen molar-refractivity contribution in [2.24, 2.45) is 0 Å². The minimum Gasteiger partial charge on any atom is -0.206 e. The number of fused-ring (bicyclic) bond motifs is 1. The van der Waals surface area contributed by atoms with Gasteiger partial charge in [-0.3, -0.25) is 0 Å². The van der Waals surface area contributed by atoms with E-state index >= 15 is 0 Å². The fraction of sp³-hybridized carbons (Fsp3) is 0.154. The predicted octanol–water partition coefficient (Wildman–Crippen LogP) is 8.84. The Morgan fingerprint density at radius 2 is 1.35 bits per heavy atom. The monoisotopic (exact) mass is 480 g/mol. The Labute approximate surface area is 189 Å². The largest absolute Gasteiger partial charge is 0.422 e. The second-order valence-corrected chi connectivity index (χ2v) is 7.86. The van der Waals surface area contributed by atoms with E-state index in [1.54, 1.807) is 6.07 Å². The first kappa shape index (κ1) is 23.7. The van der Waals surface area contributed by atoms with Gasteiger partial charge in [0.15, 0.2) is 0 Å². The standard InChI is InChI=1S/C26H16F8/c1-2-3-13-4-6-17(19(27)8-13)16-10-20(28)23(21(29)11-16)14-5-7-18-15(9-14)12-22(30)24(25(18)31)26(32,33)34/h4-12H,2-3H2,1H3. The van der Waals surface area contributed by atoms with Gasteiger partial charge < -0.3 is 0 Å². The fourth-order valence-corrected chi connectivity index (χ4v) is 3.99. The first-order valence-electron chi connectivity index (χ1n) is 10.3. The lowest BCUT2D eigenvalue weighted by molar-refractivity contribution is -0.142. The lowest BCUT2D eigenvalue weighted by Gasteiger charge is -2.13. The van der Waals surface area contributed by atoms with Gasteiger partial charge in [0.05, 0.1) is 5.56 Å². The van der Waals surface area contributed by atoms with Crippen LogP contribution in [0.4, 0.5) is 35.1 Å². The Bertz CT molecular complexity index is 1380. The van der Waals surface area contributed by atoms with Crippen LogP contribution in [0.5, 0.6) is 0 Å². The van der Waals surface area contributed by atoms with Gasteiger partial charge in [0.1, 0.15) is 34.6 Å². The maximum absolute atomic E-state index is 14.9. The highest BCUT2D eigenvalue weighted by Gasteiger charge is 2.38. The third-order valence-corrected chi connectivity index (χ3v) is 5.53. The summed E-state index contributed by atoms with van der Waals surface area (Å²) < 4.78 is 112. The Kier molecular flexibility index (Phi) is 6.10. The van der Waals surface area contributed by atoms with Gasteiger partial charge in [0, 0.05) is 10.9 Å². The Balaban J connectivity index is 1.80. The number of rotatable bonds is 4. The summed E-state index contributed by atoms with van der Waals surface area (Å²) in [7, 11) is 0. The molecule has 0 saturated carbocycles. The lowest BCUT2D eigenvalue weighted by atomic mass is 9.95. The quantitative estimate of drug-likeness (QED) is 0.256. The van der Waals surface area contributed by atoms with E-state index < -0.39 is 51.8 Å². The van der Waals surface area contributed by atoms with E-state index in [1.807, 2.05) is 6.92 Å². The molecule has 0 fully saturated rings. The zero-order chi connectivity index (χ0) is 24.8. The van der Waals surface area contributed by atoms with E-state index in [2.05, 4.69) is 0 Å². The van der Waals surface area contributed by atoms with E-state index in [-0.39, 0.29) is 22.1 Å². The normalized spacial score (nSPS) is 11.9. The molecule has 4 rings (SSSR count). The third kappa shape index (κ3) is 4.24. The zero-order valence-electron chi connectivity index (χ0n) is 17.6. The first-order chi connectivity index (χ1) is 16.0. The molecule has 0 spiro atoms. The molecule has 0 amide bonds. The van der Waals surface area contributed by atoms with Crippen LogP contribution in [0.1, 0.15) is 24.5 Å². The topological polar surface area (TPSA) is 0 Å². The molecular formula is C26H16F8. The van der Waals surface area contributed by atoms with Crippen LogP contribution in [-0.2, 0) is 12.6 Å². The summed E-state index contributed by atoms with van der Waals surface area (Å²) in [5.41, 5.74) is -2.06. The van der Waals surface area contributed by atoms with Crippen molar-refractivity contribution < 1.29 is 35.1 Å². The molecule has 0 aliphatic carbocycles. The Hall–Kier alpha value is -3.42. The van der Waals surface area contributed by atoms with Crippen molar-refractivity contribution in [3.8, 4) is 22.3 Å². The summed E-state index contributed by atoms with van der Waals surface area (Å²) in [4.78, 5) is 0. The van der Waals surface area contributed by atoms with Crippen molar-refractivity contribution in [3.05, 3.63) is 94.8 Å². The Morgan fingerprint density at radius 1 is 0.676 bits per heavy atom. The van der Waals surface area contributed by atoms with Gasteiger partial charge in [-0.25, -0.2) is 22.0 Å². The molecule has 0 saturated heterocycles. The van der Waals surface area contributed by atoms with Crippen molar-refractivity contribution in [1.82, 2.24) is 0 Å². The van der Waals surface area contributed by atoms with E-state index in [0.717, 1.165) is 42.3 Å². The molecule has 4 aromatic carbocycles. The van der Waals surface area contributed by atoms with Crippen LogP contribution in [0.15, 0.2) is 54.6 Å². The second kappa shape index (κ2) is 8.74. The van der Waals surface area contributed by atoms with Gasteiger partial charge in [-0.05, 0) is 58.8 Å². The van der Waals surface area contributed by atoms with E-state index in [9.17, 15) is 35.1 Å². The average Bonchev–Trinajstić information content (AvgIpc) is 2.72. The maximum Gasteiger partial charge on any atom is 0.422 e. The lowest BCUT2D eigenvalue weighted by Crippen LogP contribution is -2.11. The molecule has 176 valence electrons. The minimum absolute atomic E-state index is 0.00784. The van der Waals surface area contributed by atoms with E-state index in [0.29, 0.717) is 12.5 Å². The highest BCUT2D eigenvalue weighted by molar-refractivity contribution is 5.89. The van der Waals surface area contributed by atoms with Crippen molar-refractivity contribution in [1.29, 1.82) is 0 Å². The van der Waals surface area contributed by atoms with E-state index in [1.165, 1.54) is 12.1 Å². The minimum atomic E-state index is -5.25. The molecule has 34 heavy (non-hydrogen) atoms. The molecule has 0 heterocycles. The highest BCUT2D eigenvalue weighted by atomic mass is 19.4. The van der Waals surface area contributed by atoms with Gasteiger partial charge >= 0.3 is 6.18 Å². The molecule has 0 unspecified atom stereocenters. The van der Waals surface area contributed by atoms with Gasteiger partial charge in [-0.2, -0.15) is 13.2 Å². The van der Waals surface area contributed by atoms with Crippen LogP contribution in [-0.4, -0.2) is 0 Å². The van der Waals surface area contributed by atoms with Crippen LogP contribution in [0.3, 0.4) is 0 Å². The molecule has 8 heteroatoms. The summed E-state index contributed by atoms with van der Waals surface area (Å²) in [5, 5.41) is -0.856. The molecular weight excluding hydrogens is 464 g/mol. The summed E-state index contributed by atoms with van der Waals surface area (Å²) in [6, 6.07) is 9.61. The van der Waals surface area contributed by atoms with Gasteiger partial charge in [-0.15, -0.1) is 0 Å². The summed E-state index contributed by atoms with van der Waals surface area (Å²) in [5.74, 6) is -6.44. The maximum atomic E-state index is 14.9. The number of alkyl halides is 3. The van der Waals surface area contributed by atoms with Gasteiger partial charge in [0.2, 0.25) is 0 Å². The van der Waals surface area contributed by atoms with Crippen LogP contribution in [0, 0.1) is 29.1 Å². The number of halogens is 8. The molecule has 0 radical (unpaired) electrons. The summed E-state index contributed by atoms with van der Waals surface area (Å²) >= 11 is 0. The van der Waals surface area contributed by atoms with Crippen molar-refractivity contribution in [2.45, 2.75) is 25.9 Å². The number of hydrogen-bond donors (Lipinski definition) is 0. The van der Waals surface area contributed by atoms with E-state index in [4.69, 9.17) is 0 Å². The molecule has 0 aliphatic heterocycles. The number of aryl methyl sites for hydroxylation is 1. The van der Waals surface area contributed by atoms with Crippen LogP contribution in [0.25, 0.3) is 33.0 Å². The second-order valence-electron chi connectivity index (χ2n) is 7.86. The molecule has 0 atom stereocenters. The zero-order valence-corrected chi connectivity index (χ0v) is 17.6. The SMILES string of the molecule is CCCc1ccc(-c2cc(F)c(-c3ccc4c(F)c(C(F)(F)F)c(F)cc4c3)c(F)c2)c(F)c1. The van der Waals surface area contributed by atoms with Crippen LogP contribution >= 0.6 is 0 Å². The van der Waals surface area contributed by atoms with Gasteiger partial charge in [0.25, 0.3) is 0 Å². The van der Waals surface area contributed by atoms with Gasteiger partial charge in [-0.1, -0.05) is 37.6 Å². The Morgan fingerprint density at radius 3 is 1.94 bits per heavy atom. The summed E-state index contributed by atoms with van der Waals surface area (Å²) in [6.45, 7) is 1.93. The third-order valence-electron chi connectivity index (χ3n) is 5.53. The van der Waals surface area contributed by atoms with Crippen molar-refractivity contribution >= 4 is 10.8 Å². The molecule has 0 nitrogen and oxygen atoms in total. The molecule has 0 aromatic heterocycles. The number of benzene rings is 4. The van der Waals surface area contributed by atoms with Crippen molar-refractivity contribution in [3.63, 3.8) is 0 Å². The van der Waals surface area contributed by atoms with Crippen LogP contribution in [0.2, 0.25) is 0 Å². The highest BCUT2D eigenvalue weighted by Crippen LogP contribution is 2.39. The van der Waals surface area contributed by atoms with Crippen molar-refractivity contribution in [2.75, 3.05) is 0 Å². The average molecular weight is 480 g/mol. The smallest absolute Gasteiger partial charge is 0.206 e. The molecule has 0 bridgehead atoms. The molecule has 0 N–H and O–H groups in total.